The molecule has 0 atom stereocenters. The minimum Gasteiger partial charge on any atom is -0.487 e. The predicted molar refractivity (Wildman–Crippen MR) is 238 cm³/mol. The molecule has 0 N–H and O–H groups in total. The standard InChI is InChI=1S/C33H49P.C18H22O2/c1-23(2)26-21-30(24(3)4)33(31(22-26)25(5)6)29-19-13-14-20-32(29)34(27-15-9-7-10-16-27)28-17-11-8-12-18-28;1-13(2)19-17-12-8-11-16(18(17)20-14(3)4)15-9-6-5-7-10-15/h13-14,19-25,27-28H,7-12,15-18H2,1-6H3;5-14H,1-4H3. The second-order valence-corrected chi connectivity index (χ2v) is 20.1. The summed E-state index contributed by atoms with van der Waals surface area (Å²) < 4.78 is 11.9. The van der Waals surface area contributed by atoms with Crippen LogP contribution in [0, 0.1) is 0 Å². The van der Waals surface area contributed by atoms with Crippen molar-refractivity contribution >= 4 is 13.2 Å². The van der Waals surface area contributed by atoms with Crippen molar-refractivity contribution in [2.24, 2.45) is 0 Å². The van der Waals surface area contributed by atoms with E-state index < -0.39 is 0 Å². The molecule has 54 heavy (non-hydrogen) atoms. The molecule has 4 aromatic carbocycles. The summed E-state index contributed by atoms with van der Waals surface area (Å²) in [4.78, 5) is 0. The average molecular weight is 747 g/mol. The van der Waals surface area contributed by atoms with Crippen LogP contribution in [-0.2, 0) is 0 Å². The van der Waals surface area contributed by atoms with Crippen molar-refractivity contribution in [2.45, 2.75) is 175 Å². The molecule has 0 heterocycles. The molecule has 0 amide bonds. The van der Waals surface area contributed by atoms with Gasteiger partial charge in [0.2, 0.25) is 0 Å². The summed E-state index contributed by atoms with van der Waals surface area (Å²) in [6.07, 6.45) is 14.8. The van der Waals surface area contributed by atoms with Gasteiger partial charge in [0.05, 0.1) is 12.2 Å². The molecule has 3 heteroatoms. The summed E-state index contributed by atoms with van der Waals surface area (Å²) >= 11 is 0. The first-order valence-corrected chi connectivity index (χ1v) is 23.0. The van der Waals surface area contributed by atoms with Gasteiger partial charge in [0.1, 0.15) is 0 Å². The molecule has 292 valence electrons. The lowest BCUT2D eigenvalue weighted by Gasteiger charge is -2.40. The Labute approximate surface area is 331 Å². The molecule has 2 saturated carbocycles. The lowest BCUT2D eigenvalue weighted by Crippen LogP contribution is -2.27. The van der Waals surface area contributed by atoms with Crippen molar-refractivity contribution in [3.63, 3.8) is 0 Å². The monoisotopic (exact) mass is 747 g/mol. The van der Waals surface area contributed by atoms with Gasteiger partial charge < -0.3 is 9.47 Å². The van der Waals surface area contributed by atoms with Crippen LogP contribution >= 0.6 is 7.92 Å². The Kier molecular flexibility index (Phi) is 15.7. The van der Waals surface area contributed by atoms with Crippen molar-refractivity contribution in [3.05, 3.63) is 102 Å². The van der Waals surface area contributed by atoms with E-state index in [0.29, 0.717) is 17.8 Å². The van der Waals surface area contributed by atoms with Crippen LogP contribution in [-0.4, -0.2) is 23.5 Å². The number of rotatable bonds is 12. The third-order valence-electron chi connectivity index (χ3n) is 11.3. The molecule has 2 fully saturated rings. The van der Waals surface area contributed by atoms with Gasteiger partial charge in [-0.15, -0.1) is 0 Å². The molecule has 2 nitrogen and oxygen atoms in total. The van der Waals surface area contributed by atoms with Gasteiger partial charge in [-0.05, 0) is 127 Å². The fraction of sp³-hybridized carbons (Fsp3) is 0.529. The quantitative estimate of drug-likeness (QED) is 0.134. The van der Waals surface area contributed by atoms with E-state index in [1.165, 1.54) is 69.8 Å². The van der Waals surface area contributed by atoms with Crippen LogP contribution in [0.4, 0.5) is 0 Å². The highest BCUT2D eigenvalue weighted by molar-refractivity contribution is 7.67. The maximum atomic E-state index is 6.01. The number of hydrogen-bond acceptors (Lipinski definition) is 2. The first kappa shape index (κ1) is 42.1. The largest absolute Gasteiger partial charge is 0.487 e. The average Bonchev–Trinajstić information content (AvgIpc) is 3.16. The summed E-state index contributed by atoms with van der Waals surface area (Å²) in [5, 5.41) is 1.75. The summed E-state index contributed by atoms with van der Waals surface area (Å²) in [5.41, 5.74) is 11.9. The zero-order valence-corrected chi connectivity index (χ0v) is 36.4. The van der Waals surface area contributed by atoms with E-state index in [9.17, 15) is 0 Å². The van der Waals surface area contributed by atoms with E-state index in [-0.39, 0.29) is 20.1 Å². The van der Waals surface area contributed by atoms with Crippen LogP contribution in [0.2, 0.25) is 0 Å². The highest BCUT2D eigenvalue weighted by atomic mass is 31.1. The van der Waals surface area contributed by atoms with Crippen molar-refractivity contribution < 1.29 is 9.47 Å². The molecule has 0 aromatic heterocycles. The van der Waals surface area contributed by atoms with E-state index in [0.717, 1.165) is 33.9 Å². The van der Waals surface area contributed by atoms with Gasteiger partial charge >= 0.3 is 0 Å². The second-order valence-electron chi connectivity index (χ2n) is 17.4. The smallest absolute Gasteiger partial charge is 0.169 e. The van der Waals surface area contributed by atoms with Crippen LogP contribution < -0.4 is 14.8 Å². The number of benzene rings is 4. The third-order valence-corrected chi connectivity index (χ3v) is 14.9. The Bertz CT molecular complexity index is 1680. The molecule has 0 saturated heterocycles. The minimum absolute atomic E-state index is 0.106. The van der Waals surface area contributed by atoms with Crippen molar-refractivity contribution in [1.82, 2.24) is 0 Å². The lowest BCUT2D eigenvalue weighted by atomic mass is 9.82. The predicted octanol–water partition coefficient (Wildman–Crippen LogP) is 15.4. The first-order chi connectivity index (χ1) is 26.0. The molecule has 0 radical (unpaired) electrons. The zero-order valence-electron chi connectivity index (χ0n) is 35.5. The Balaban J connectivity index is 0.000000239. The van der Waals surface area contributed by atoms with Gasteiger partial charge in [0.15, 0.2) is 11.5 Å². The Morgan fingerprint density at radius 3 is 1.50 bits per heavy atom. The number of hydrogen-bond donors (Lipinski definition) is 0. The molecule has 0 aliphatic heterocycles. The molecule has 0 spiro atoms. The summed E-state index contributed by atoms with van der Waals surface area (Å²) in [6, 6.07) is 31.1. The van der Waals surface area contributed by atoms with Gasteiger partial charge in [0, 0.05) is 5.56 Å². The van der Waals surface area contributed by atoms with Gasteiger partial charge in [-0.3, -0.25) is 0 Å². The fourth-order valence-electron chi connectivity index (χ4n) is 8.65. The molecule has 0 bridgehead atoms. The van der Waals surface area contributed by atoms with E-state index in [2.05, 4.69) is 96.1 Å². The van der Waals surface area contributed by atoms with Crippen molar-refractivity contribution in [3.8, 4) is 33.8 Å². The molecule has 2 aliphatic rings. The maximum absolute atomic E-state index is 6.01. The molecule has 6 rings (SSSR count). The van der Waals surface area contributed by atoms with Crippen molar-refractivity contribution in [2.75, 3.05) is 0 Å². The van der Waals surface area contributed by atoms with Gasteiger partial charge in [-0.1, -0.05) is 167 Å². The fourth-order valence-corrected chi connectivity index (χ4v) is 12.6. The van der Waals surface area contributed by atoms with E-state index >= 15 is 0 Å². The third kappa shape index (κ3) is 10.8. The molecular weight excluding hydrogens is 676 g/mol. The molecular formula is C51H71O2P. The first-order valence-electron chi connectivity index (χ1n) is 21.5. The molecule has 2 aliphatic carbocycles. The highest BCUT2D eigenvalue weighted by Crippen LogP contribution is 2.57. The summed E-state index contributed by atoms with van der Waals surface area (Å²) in [7, 11) is -0.120. The van der Waals surface area contributed by atoms with Crippen LogP contribution in [0.25, 0.3) is 22.3 Å². The highest BCUT2D eigenvalue weighted by Gasteiger charge is 2.34. The zero-order chi connectivity index (χ0) is 38.8. The van der Waals surface area contributed by atoms with Crippen LogP contribution in [0.1, 0.15) is 168 Å². The van der Waals surface area contributed by atoms with Crippen LogP contribution in [0.5, 0.6) is 11.5 Å². The topological polar surface area (TPSA) is 18.5 Å². The van der Waals surface area contributed by atoms with E-state index in [1.807, 2.05) is 58.0 Å². The number of para-hydroxylation sites is 1. The van der Waals surface area contributed by atoms with E-state index in [1.54, 1.807) is 27.6 Å². The maximum Gasteiger partial charge on any atom is 0.169 e. The van der Waals surface area contributed by atoms with Crippen LogP contribution in [0.3, 0.4) is 0 Å². The number of ether oxygens (including phenoxy) is 2. The molecule has 0 unspecified atom stereocenters. The SMILES string of the molecule is CC(C)Oc1cccc(-c2ccccc2)c1OC(C)C.CC(C)c1cc(C(C)C)c(-c2ccccc2P(C2CCCCC2)C2CCCCC2)c(C(C)C)c1. The minimum atomic E-state index is -0.120. The van der Waals surface area contributed by atoms with Crippen molar-refractivity contribution in [1.29, 1.82) is 0 Å². The Hall–Kier alpha value is -3.09. The normalized spacial score (nSPS) is 15.7. The van der Waals surface area contributed by atoms with Gasteiger partial charge in [-0.25, -0.2) is 0 Å². The Morgan fingerprint density at radius 1 is 0.500 bits per heavy atom. The molecule has 4 aromatic rings. The van der Waals surface area contributed by atoms with Gasteiger partial charge in [-0.2, -0.15) is 0 Å². The van der Waals surface area contributed by atoms with Crippen LogP contribution in [0.15, 0.2) is 84.9 Å². The van der Waals surface area contributed by atoms with Gasteiger partial charge in [0.25, 0.3) is 0 Å². The van der Waals surface area contributed by atoms with E-state index in [4.69, 9.17) is 9.47 Å². The Morgan fingerprint density at radius 2 is 1.00 bits per heavy atom. The summed E-state index contributed by atoms with van der Waals surface area (Å²) in [5.74, 6) is 3.27. The second kappa shape index (κ2) is 20.2. The lowest BCUT2D eigenvalue weighted by molar-refractivity contribution is 0.199. The summed E-state index contributed by atoms with van der Waals surface area (Å²) in [6.45, 7) is 22.4.